The molecule has 1 saturated carbocycles. The Hall–Kier alpha value is -2.56. The van der Waals surface area contributed by atoms with Crippen LogP contribution in [0.3, 0.4) is 0 Å². The standard InChI is InChI=1S/C24H21N3S/c1-2-4-19(5-3-1)24(11-12-24)21-9-8-20-23(27-21)28-22(26-20)17-6-7-18-15-25-13-10-16(18)14-17/h1-9,14,25H,10-13,15H2. The highest BCUT2D eigenvalue weighted by molar-refractivity contribution is 7.21. The first kappa shape index (κ1) is 16.4. The molecule has 6 rings (SSSR count). The molecule has 0 bridgehead atoms. The second-order valence-corrected chi connectivity index (χ2v) is 8.88. The Morgan fingerprint density at radius 2 is 1.79 bits per heavy atom. The lowest BCUT2D eigenvalue weighted by Crippen LogP contribution is -2.23. The van der Waals surface area contributed by atoms with Crippen molar-refractivity contribution in [3.05, 3.63) is 83.0 Å². The maximum atomic E-state index is 5.07. The van der Waals surface area contributed by atoms with Crippen LogP contribution in [-0.4, -0.2) is 16.5 Å². The number of benzene rings is 2. The monoisotopic (exact) mass is 383 g/mol. The highest BCUT2D eigenvalue weighted by atomic mass is 32.1. The third kappa shape index (κ3) is 2.60. The van der Waals surface area contributed by atoms with Gasteiger partial charge in [0.15, 0.2) is 0 Å². The number of nitrogens with one attached hydrogen (secondary N) is 1. The van der Waals surface area contributed by atoms with Gasteiger partial charge in [0.1, 0.15) is 15.4 Å². The molecule has 28 heavy (non-hydrogen) atoms. The molecule has 0 atom stereocenters. The quantitative estimate of drug-likeness (QED) is 0.536. The molecule has 0 radical (unpaired) electrons. The predicted molar refractivity (Wildman–Crippen MR) is 115 cm³/mol. The van der Waals surface area contributed by atoms with Crippen molar-refractivity contribution < 1.29 is 0 Å². The van der Waals surface area contributed by atoms with E-state index in [0.29, 0.717) is 0 Å². The number of fused-ring (bicyclic) bond motifs is 2. The van der Waals surface area contributed by atoms with Crippen LogP contribution in [0.4, 0.5) is 0 Å². The second-order valence-electron chi connectivity index (χ2n) is 7.90. The van der Waals surface area contributed by atoms with Crippen LogP contribution in [0.1, 0.15) is 35.2 Å². The average molecular weight is 384 g/mol. The lowest BCUT2D eigenvalue weighted by atomic mass is 9.92. The Morgan fingerprint density at radius 1 is 0.893 bits per heavy atom. The molecular formula is C24H21N3S. The van der Waals surface area contributed by atoms with Gasteiger partial charge in [-0.1, -0.05) is 53.8 Å². The Labute approximate surface area is 168 Å². The summed E-state index contributed by atoms with van der Waals surface area (Å²) in [7, 11) is 0. The summed E-state index contributed by atoms with van der Waals surface area (Å²) in [5.74, 6) is 0. The van der Waals surface area contributed by atoms with Crippen molar-refractivity contribution in [3.63, 3.8) is 0 Å². The zero-order valence-electron chi connectivity index (χ0n) is 15.6. The first-order valence-electron chi connectivity index (χ1n) is 9.98. The van der Waals surface area contributed by atoms with E-state index >= 15 is 0 Å². The van der Waals surface area contributed by atoms with E-state index in [1.54, 1.807) is 11.3 Å². The van der Waals surface area contributed by atoms with Gasteiger partial charge in [0, 0.05) is 17.5 Å². The first-order chi connectivity index (χ1) is 13.8. The van der Waals surface area contributed by atoms with Gasteiger partial charge in [-0.15, -0.1) is 0 Å². The van der Waals surface area contributed by atoms with Crippen LogP contribution in [0, 0.1) is 0 Å². The van der Waals surface area contributed by atoms with Crippen LogP contribution in [0.15, 0.2) is 60.7 Å². The molecule has 0 unspecified atom stereocenters. The van der Waals surface area contributed by atoms with Crippen molar-refractivity contribution in [2.45, 2.75) is 31.2 Å². The van der Waals surface area contributed by atoms with Gasteiger partial charge in [-0.3, -0.25) is 0 Å². The normalized spacial score (nSPS) is 17.4. The molecule has 0 saturated heterocycles. The molecule has 2 aromatic carbocycles. The lowest BCUT2D eigenvalue weighted by Gasteiger charge is -2.17. The molecule has 0 spiro atoms. The molecule has 3 nitrogen and oxygen atoms in total. The molecule has 1 aliphatic heterocycles. The summed E-state index contributed by atoms with van der Waals surface area (Å²) in [4.78, 5) is 11.0. The summed E-state index contributed by atoms with van der Waals surface area (Å²) in [6, 6.07) is 21.9. The average Bonchev–Trinajstić information content (AvgIpc) is 3.46. The summed E-state index contributed by atoms with van der Waals surface area (Å²) < 4.78 is 0. The maximum Gasteiger partial charge on any atom is 0.144 e. The molecular weight excluding hydrogens is 362 g/mol. The van der Waals surface area contributed by atoms with Gasteiger partial charge >= 0.3 is 0 Å². The Morgan fingerprint density at radius 3 is 2.64 bits per heavy atom. The van der Waals surface area contributed by atoms with E-state index in [1.165, 1.54) is 40.8 Å². The van der Waals surface area contributed by atoms with Gasteiger partial charge in [0.05, 0.1) is 5.69 Å². The minimum absolute atomic E-state index is 0.110. The summed E-state index contributed by atoms with van der Waals surface area (Å²) in [6.45, 7) is 2.03. The Bertz CT molecular complexity index is 1180. The Kier molecular flexibility index (Phi) is 3.65. The Balaban J connectivity index is 1.40. The number of aromatic nitrogens is 2. The fourth-order valence-electron chi connectivity index (χ4n) is 4.39. The van der Waals surface area contributed by atoms with Crippen LogP contribution < -0.4 is 5.32 Å². The van der Waals surface area contributed by atoms with Crippen LogP contribution in [0.2, 0.25) is 0 Å². The van der Waals surface area contributed by atoms with Crippen LogP contribution in [0.5, 0.6) is 0 Å². The van der Waals surface area contributed by atoms with E-state index in [-0.39, 0.29) is 5.41 Å². The molecule has 3 heterocycles. The van der Waals surface area contributed by atoms with Crippen LogP contribution in [0.25, 0.3) is 20.9 Å². The van der Waals surface area contributed by atoms with E-state index in [0.717, 1.165) is 34.9 Å². The summed E-state index contributed by atoms with van der Waals surface area (Å²) >= 11 is 1.72. The maximum absolute atomic E-state index is 5.07. The summed E-state index contributed by atoms with van der Waals surface area (Å²) in [5.41, 5.74) is 7.77. The first-order valence-corrected chi connectivity index (χ1v) is 10.8. The zero-order chi connectivity index (χ0) is 18.6. The largest absolute Gasteiger partial charge is 0.312 e. The third-order valence-electron chi connectivity index (χ3n) is 6.16. The van der Waals surface area contributed by atoms with E-state index < -0.39 is 0 Å². The molecule has 0 amide bonds. The number of nitrogens with zero attached hydrogens (tertiary/aromatic N) is 2. The zero-order valence-corrected chi connectivity index (χ0v) is 16.4. The fraction of sp³-hybridized carbons (Fsp3) is 0.250. The van der Waals surface area contributed by atoms with Gasteiger partial charge in [-0.2, -0.15) is 0 Å². The van der Waals surface area contributed by atoms with E-state index in [4.69, 9.17) is 9.97 Å². The minimum atomic E-state index is 0.110. The number of thiazole rings is 1. The number of hydrogen-bond acceptors (Lipinski definition) is 4. The number of rotatable bonds is 3. The van der Waals surface area contributed by atoms with Crippen LogP contribution in [-0.2, 0) is 18.4 Å². The molecule has 1 aliphatic carbocycles. The molecule has 4 heteroatoms. The molecule has 1 fully saturated rings. The van der Waals surface area contributed by atoms with Gasteiger partial charge < -0.3 is 5.32 Å². The van der Waals surface area contributed by atoms with Crippen molar-refractivity contribution >= 4 is 21.7 Å². The third-order valence-corrected chi connectivity index (χ3v) is 7.18. The van der Waals surface area contributed by atoms with Crippen molar-refractivity contribution in [3.8, 4) is 10.6 Å². The highest BCUT2D eigenvalue weighted by Gasteiger charge is 2.47. The molecule has 138 valence electrons. The molecule has 2 aromatic heterocycles. The smallest absolute Gasteiger partial charge is 0.144 e. The topological polar surface area (TPSA) is 37.8 Å². The van der Waals surface area contributed by atoms with Gasteiger partial charge in [0.25, 0.3) is 0 Å². The second kappa shape index (κ2) is 6.23. The molecule has 4 aromatic rings. The van der Waals surface area contributed by atoms with E-state index in [9.17, 15) is 0 Å². The van der Waals surface area contributed by atoms with Crippen molar-refractivity contribution in [1.29, 1.82) is 0 Å². The fourth-order valence-corrected chi connectivity index (χ4v) is 5.33. The molecule has 2 aliphatic rings. The van der Waals surface area contributed by atoms with Crippen molar-refractivity contribution in [2.75, 3.05) is 6.54 Å². The van der Waals surface area contributed by atoms with Gasteiger partial charge in [0.2, 0.25) is 0 Å². The number of hydrogen-bond donors (Lipinski definition) is 1. The van der Waals surface area contributed by atoms with Crippen molar-refractivity contribution in [1.82, 2.24) is 15.3 Å². The highest BCUT2D eigenvalue weighted by Crippen LogP contribution is 2.53. The van der Waals surface area contributed by atoms with E-state index in [1.807, 2.05) is 0 Å². The van der Waals surface area contributed by atoms with Gasteiger partial charge in [-0.05, 0) is 60.7 Å². The van der Waals surface area contributed by atoms with Crippen LogP contribution >= 0.6 is 11.3 Å². The van der Waals surface area contributed by atoms with E-state index in [2.05, 4.69) is 66.0 Å². The molecule has 1 N–H and O–H groups in total. The lowest BCUT2D eigenvalue weighted by molar-refractivity contribution is 0.644. The summed E-state index contributed by atoms with van der Waals surface area (Å²) in [5, 5.41) is 4.51. The minimum Gasteiger partial charge on any atom is -0.312 e. The van der Waals surface area contributed by atoms with Gasteiger partial charge in [-0.25, -0.2) is 9.97 Å². The van der Waals surface area contributed by atoms with Crippen molar-refractivity contribution in [2.24, 2.45) is 0 Å². The number of pyridine rings is 1. The predicted octanol–water partition coefficient (Wildman–Crippen LogP) is 5.08. The summed E-state index contributed by atoms with van der Waals surface area (Å²) in [6.07, 6.45) is 3.45. The SMILES string of the molecule is c1ccc(C2(c3ccc4nc(-c5ccc6c(c5)CCNC6)sc4n3)CC2)cc1.